The molecule has 4 nitrogen and oxygen atoms in total. The van der Waals surface area contributed by atoms with Crippen LogP contribution in [0.5, 0.6) is 11.5 Å². The van der Waals surface area contributed by atoms with Crippen LogP contribution < -0.4 is 9.47 Å². The first-order chi connectivity index (χ1) is 11.7. The lowest BCUT2D eigenvalue weighted by Crippen LogP contribution is -2.27. The maximum absolute atomic E-state index is 12.5. The molecule has 4 rings (SSSR count). The third-order valence-electron chi connectivity index (χ3n) is 4.80. The normalized spacial score (nSPS) is 14.5. The first-order valence-corrected chi connectivity index (χ1v) is 8.42. The average Bonchev–Trinajstić information content (AvgIpc) is 3.22. The van der Waals surface area contributed by atoms with E-state index >= 15 is 0 Å². The van der Waals surface area contributed by atoms with Gasteiger partial charge in [-0.2, -0.15) is 0 Å². The molecule has 24 heavy (non-hydrogen) atoms. The minimum absolute atomic E-state index is 0.130. The lowest BCUT2D eigenvalue weighted by Gasteiger charge is -2.18. The summed E-state index contributed by atoms with van der Waals surface area (Å²) in [5.74, 6) is 1.66. The Bertz CT molecular complexity index is 784. The van der Waals surface area contributed by atoms with Crippen molar-refractivity contribution in [3.05, 3.63) is 58.7 Å². The standard InChI is InChI=1S/C20H21NO3/c1-21(12-15-6-8-18-19(10-15)24-13-23-18)20(22)11-14-5-7-16-3-2-4-17(16)9-14/h5-10H,2-4,11-13H2,1H3. The number of nitrogens with zero attached hydrogens (tertiary/aromatic N) is 1. The number of rotatable bonds is 4. The van der Waals surface area contributed by atoms with Crippen molar-refractivity contribution in [2.24, 2.45) is 0 Å². The highest BCUT2D eigenvalue weighted by Crippen LogP contribution is 2.32. The maximum atomic E-state index is 12.5. The smallest absolute Gasteiger partial charge is 0.231 e. The van der Waals surface area contributed by atoms with Crippen molar-refractivity contribution >= 4 is 5.91 Å². The van der Waals surface area contributed by atoms with Crippen molar-refractivity contribution in [2.45, 2.75) is 32.2 Å². The third kappa shape index (κ3) is 2.96. The fraction of sp³-hybridized carbons (Fsp3) is 0.350. The number of carbonyl (C=O) groups is 1. The Labute approximate surface area is 142 Å². The topological polar surface area (TPSA) is 38.8 Å². The predicted octanol–water partition coefficient (Wildman–Crippen LogP) is 3.11. The number of aryl methyl sites for hydroxylation is 2. The molecule has 4 heteroatoms. The summed E-state index contributed by atoms with van der Waals surface area (Å²) in [6, 6.07) is 12.3. The van der Waals surface area contributed by atoms with Gasteiger partial charge < -0.3 is 14.4 Å². The van der Waals surface area contributed by atoms with E-state index in [9.17, 15) is 4.79 Å². The van der Waals surface area contributed by atoms with E-state index in [0.29, 0.717) is 13.0 Å². The molecule has 0 atom stereocenters. The number of benzene rings is 2. The van der Waals surface area contributed by atoms with Gasteiger partial charge in [0.15, 0.2) is 11.5 Å². The SMILES string of the molecule is CN(Cc1ccc2c(c1)OCO2)C(=O)Cc1ccc2c(c1)CCC2. The van der Waals surface area contributed by atoms with Crippen LogP contribution in [0.3, 0.4) is 0 Å². The van der Waals surface area contributed by atoms with Gasteiger partial charge in [-0.05, 0) is 53.6 Å². The third-order valence-corrected chi connectivity index (χ3v) is 4.80. The van der Waals surface area contributed by atoms with Crippen LogP contribution >= 0.6 is 0 Å². The molecule has 1 amide bonds. The maximum Gasteiger partial charge on any atom is 0.231 e. The van der Waals surface area contributed by atoms with Crippen molar-refractivity contribution < 1.29 is 14.3 Å². The molecule has 2 aliphatic rings. The number of hydrogen-bond acceptors (Lipinski definition) is 3. The molecule has 0 aromatic heterocycles. The number of fused-ring (bicyclic) bond motifs is 2. The van der Waals surface area contributed by atoms with Gasteiger partial charge in [-0.25, -0.2) is 0 Å². The largest absolute Gasteiger partial charge is 0.454 e. The average molecular weight is 323 g/mol. The molecule has 1 aliphatic carbocycles. The molecule has 0 bridgehead atoms. The number of hydrogen-bond donors (Lipinski definition) is 0. The van der Waals surface area contributed by atoms with Gasteiger partial charge in [0.05, 0.1) is 6.42 Å². The monoisotopic (exact) mass is 323 g/mol. The van der Waals surface area contributed by atoms with Crippen LogP contribution in [0.2, 0.25) is 0 Å². The van der Waals surface area contributed by atoms with Crippen LogP contribution in [0.1, 0.15) is 28.7 Å². The van der Waals surface area contributed by atoms with Crippen LogP contribution in [0, 0.1) is 0 Å². The summed E-state index contributed by atoms with van der Waals surface area (Å²) in [6.45, 7) is 0.840. The molecule has 0 radical (unpaired) electrons. The molecule has 0 spiro atoms. The molecular weight excluding hydrogens is 302 g/mol. The minimum Gasteiger partial charge on any atom is -0.454 e. The molecular formula is C20H21NO3. The molecule has 0 N–H and O–H groups in total. The van der Waals surface area contributed by atoms with Gasteiger partial charge in [-0.3, -0.25) is 4.79 Å². The van der Waals surface area contributed by atoms with E-state index in [1.54, 1.807) is 4.90 Å². The first-order valence-electron chi connectivity index (χ1n) is 8.42. The molecule has 124 valence electrons. The van der Waals surface area contributed by atoms with Crippen LogP contribution in [0.15, 0.2) is 36.4 Å². The number of carbonyl (C=O) groups excluding carboxylic acids is 1. The van der Waals surface area contributed by atoms with Gasteiger partial charge in [-0.1, -0.05) is 24.3 Å². The van der Waals surface area contributed by atoms with Gasteiger partial charge in [0.25, 0.3) is 0 Å². The number of amides is 1. The summed E-state index contributed by atoms with van der Waals surface area (Å²) >= 11 is 0. The molecule has 2 aromatic rings. The highest BCUT2D eigenvalue weighted by Gasteiger charge is 2.17. The second-order valence-corrected chi connectivity index (χ2v) is 6.57. The molecule has 0 saturated heterocycles. The van der Waals surface area contributed by atoms with E-state index in [1.807, 2.05) is 25.2 Å². The first kappa shape index (κ1) is 15.1. The Hall–Kier alpha value is -2.49. The Kier molecular flexibility index (Phi) is 3.89. The second-order valence-electron chi connectivity index (χ2n) is 6.57. The number of ether oxygens (including phenoxy) is 2. The fourth-order valence-electron chi connectivity index (χ4n) is 3.45. The zero-order valence-electron chi connectivity index (χ0n) is 13.9. The number of likely N-dealkylation sites (N-methyl/N-ethyl adjacent to an activating group) is 1. The van der Waals surface area contributed by atoms with Crippen LogP contribution in [0.25, 0.3) is 0 Å². The zero-order valence-corrected chi connectivity index (χ0v) is 13.9. The summed E-state index contributed by atoms with van der Waals surface area (Å²) < 4.78 is 10.7. The van der Waals surface area contributed by atoms with Crippen LogP contribution in [0.4, 0.5) is 0 Å². The quantitative estimate of drug-likeness (QED) is 0.868. The predicted molar refractivity (Wildman–Crippen MR) is 91.2 cm³/mol. The van der Waals surface area contributed by atoms with Gasteiger partial charge in [0, 0.05) is 13.6 Å². The molecule has 2 aromatic carbocycles. The summed E-state index contributed by atoms with van der Waals surface area (Å²) in [6.07, 6.45) is 4.00. The van der Waals surface area contributed by atoms with Crippen molar-refractivity contribution in [1.29, 1.82) is 0 Å². The Morgan fingerprint density at radius 1 is 1.00 bits per heavy atom. The minimum atomic E-state index is 0.130. The molecule has 1 aliphatic heterocycles. The highest BCUT2D eigenvalue weighted by molar-refractivity contribution is 5.78. The summed E-state index contributed by atoms with van der Waals surface area (Å²) in [7, 11) is 1.85. The zero-order chi connectivity index (χ0) is 16.5. The highest BCUT2D eigenvalue weighted by atomic mass is 16.7. The van der Waals surface area contributed by atoms with Crippen molar-refractivity contribution in [3.8, 4) is 11.5 Å². The Balaban J connectivity index is 1.41. The summed E-state index contributed by atoms with van der Waals surface area (Å²) in [5.41, 5.74) is 5.01. The summed E-state index contributed by atoms with van der Waals surface area (Å²) in [4.78, 5) is 14.3. The van der Waals surface area contributed by atoms with E-state index in [0.717, 1.165) is 29.0 Å². The van der Waals surface area contributed by atoms with Crippen molar-refractivity contribution in [3.63, 3.8) is 0 Å². The lowest BCUT2D eigenvalue weighted by atomic mass is 10.0. The van der Waals surface area contributed by atoms with E-state index in [-0.39, 0.29) is 12.7 Å². The molecule has 1 heterocycles. The summed E-state index contributed by atoms with van der Waals surface area (Å²) in [5, 5.41) is 0. The molecule has 0 fully saturated rings. The Morgan fingerprint density at radius 2 is 1.79 bits per heavy atom. The van der Waals surface area contributed by atoms with Crippen molar-refractivity contribution in [1.82, 2.24) is 4.90 Å². The van der Waals surface area contributed by atoms with E-state index in [4.69, 9.17) is 9.47 Å². The second kappa shape index (κ2) is 6.19. The van der Waals surface area contributed by atoms with E-state index < -0.39 is 0 Å². The Morgan fingerprint density at radius 3 is 2.71 bits per heavy atom. The van der Waals surface area contributed by atoms with Crippen LogP contribution in [-0.4, -0.2) is 24.6 Å². The van der Waals surface area contributed by atoms with Gasteiger partial charge in [0.1, 0.15) is 0 Å². The lowest BCUT2D eigenvalue weighted by molar-refractivity contribution is -0.129. The molecule has 0 unspecified atom stereocenters. The molecule has 0 saturated carbocycles. The van der Waals surface area contributed by atoms with Gasteiger partial charge in [-0.15, -0.1) is 0 Å². The van der Waals surface area contributed by atoms with E-state index in [2.05, 4.69) is 18.2 Å². The van der Waals surface area contributed by atoms with Crippen LogP contribution in [-0.2, 0) is 30.6 Å². The van der Waals surface area contributed by atoms with E-state index in [1.165, 1.54) is 24.0 Å². The fourth-order valence-corrected chi connectivity index (χ4v) is 3.45. The van der Waals surface area contributed by atoms with Gasteiger partial charge >= 0.3 is 0 Å². The van der Waals surface area contributed by atoms with Crippen molar-refractivity contribution in [2.75, 3.05) is 13.8 Å². The van der Waals surface area contributed by atoms with Gasteiger partial charge in [0.2, 0.25) is 12.7 Å².